The molecule has 4 nitrogen and oxygen atoms in total. The number of thiophene rings is 2. The van der Waals surface area contributed by atoms with Crippen LogP contribution in [0.4, 0.5) is 0 Å². The minimum absolute atomic E-state index is 0. The number of aromatic nitrogens is 2. The third kappa shape index (κ3) is 9.61. The summed E-state index contributed by atoms with van der Waals surface area (Å²) in [5.41, 5.74) is 5.89. The third-order valence-electron chi connectivity index (χ3n) is 10.5. The van der Waals surface area contributed by atoms with E-state index in [1.165, 1.54) is 32.0 Å². The van der Waals surface area contributed by atoms with Gasteiger partial charge < -0.3 is 5.11 Å². The van der Waals surface area contributed by atoms with E-state index in [0.29, 0.717) is 5.92 Å². The Bertz CT molecular complexity index is 1970. The fourth-order valence-electron chi connectivity index (χ4n) is 5.99. The summed E-state index contributed by atoms with van der Waals surface area (Å²) in [4.78, 5) is 22.2. The van der Waals surface area contributed by atoms with Crippen molar-refractivity contribution in [3.63, 3.8) is 0 Å². The summed E-state index contributed by atoms with van der Waals surface area (Å²) in [7, 11) is 0. The fourth-order valence-corrected chi connectivity index (χ4v) is 8.45. The van der Waals surface area contributed by atoms with Gasteiger partial charge in [0.05, 0.1) is 5.69 Å². The Balaban J connectivity index is 0.000000335. The number of fused-ring (bicyclic) bond motifs is 2. The smallest absolute Gasteiger partial charge is 0.164 e. The largest absolute Gasteiger partial charge is 0.512 e. The number of aliphatic hydroxyl groups is 1. The number of carbonyl (C=O) groups is 1. The average Bonchev–Trinajstić information content (AvgIpc) is 3.73. The van der Waals surface area contributed by atoms with Crippen molar-refractivity contribution in [2.45, 2.75) is 119 Å². The van der Waals surface area contributed by atoms with E-state index in [-0.39, 0.29) is 47.9 Å². The van der Waals surface area contributed by atoms with Crippen molar-refractivity contribution in [2.75, 3.05) is 0 Å². The van der Waals surface area contributed by atoms with Crippen LogP contribution in [0.3, 0.4) is 0 Å². The molecule has 0 atom stereocenters. The molecule has 1 radical (unpaired) electrons. The number of aliphatic hydroxyl groups excluding tert-OH is 1. The Hall–Kier alpha value is -2.35. The summed E-state index contributed by atoms with van der Waals surface area (Å²) in [6.45, 7) is 23.4. The second kappa shape index (κ2) is 17.6. The second-order valence-corrected chi connectivity index (χ2v) is 17.7. The second-order valence-electron chi connectivity index (χ2n) is 15.4. The molecule has 0 spiro atoms. The topological polar surface area (TPSA) is 63.1 Å². The van der Waals surface area contributed by atoms with Gasteiger partial charge in [0.15, 0.2) is 5.78 Å². The van der Waals surface area contributed by atoms with Gasteiger partial charge in [-0.1, -0.05) is 99.4 Å². The number of hydrogen-bond acceptors (Lipinski definition) is 7. The van der Waals surface area contributed by atoms with E-state index < -0.39 is 0 Å². The number of allylic oxidation sites excluding steroid dienone is 2. The normalized spacial score (nSPS) is 12.6. The first-order chi connectivity index (χ1) is 23.5. The van der Waals surface area contributed by atoms with Gasteiger partial charge in [-0.15, -0.1) is 47.6 Å². The summed E-state index contributed by atoms with van der Waals surface area (Å²) in [5, 5.41) is 17.0. The fraction of sp³-hybridized carbons (Fsp3) is 0.465. The third-order valence-corrected chi connectivity index (χ3v) is 12.9. The van der Waals surface area contributed by atoms with Gasteiger partial charge in [-0.25, -0.2) is 4.98 Å². The number of ketones is 1. The molecule has 8 heteroatoms. The van der Waals surface area contributed by atoms with Crippen LogP contribution >= 0.6 is 35.3 Å². The molecule has 2 aromatic carbocycles. The van der Waals surface area contributed by atoms with Crippen LogP contribution in [0.2, 0.25) is 0 Å². The first-order valence-electron chi connectivity index (χ1n) is 18.0. The van der Waals surface area contributed by atoms with Gasteiger partial charge in [0.25, 0.3) is 0 Å². The van der Waals surface area contributed by atoms with E-state index in [4.69, 9.17) is 12.6 Å². The SMILES string of the molecule is CC(C)Cc1csc2cc(-c3ncnc(-c4[c-]c5ccsc5c(C(C)(C)C)c4)c3S)ccc12.CCC(C)(CC)C(=O)/C=C(\O)C(C)(CC)CC.[Ir]. The van der Waals surface area contributed by atoms with Gasteiger partial charge in [-0.05, 0) is 75.9 Å². The van der Waals surface area contributed by atoms with E-state index in [2.05, 4.69) is 91.7 Å². The molecule has 3 heterocycles. The predicted octanol–water partition coefficient (Wildman–Crippen LogP) is 13.5. The van der Waals surface area contributed by atoms with Crippen molar-refractivity contribution in [3.8, 4) is 22.5 Å². The maximum atomic E-state index is 12.2. The van der Waals surface area contributed by atoms with Gasteiger partial charge in [-0.2, -0.15) is 11.3 Å². The number of thiol groups is 1. The van der Waals surface area contributed by atoms with Crippen LogP contribution in [0.5, 0.6) is 0 Å². The quantitative estimate of drug-likeness (QED) is 0.0600. The van der Waals surface area contributed by atoms with E-state index in [0.717, 1.165) is 64.9 Å². The molecule has 0 fully saturated rings. The zero-order chi connectivity index (χ0) is 37.0. The molecule has 0 aliphatic rings. The Morgan fingerprint density at radius 2 is 1.55 bits per heavy atom. The predicted molar refractivity (Wildman–Crippen MR) is 220 cm³/mol. The number of benzene rings is 2. The molecule has 0 aliphatic heterocycles. The molecule has 0 unspecified atom stereocenters. The summed E-state index contributed by atoms with van der Waals surface area (Å²) in [5.74, 6) is 0.930. The molecule has 0 saturated heterocycles. The molecule has 5 aromatic rings. The molecule has 3 aromatic heterocycles. The van der Waals surface area contributed by atoms with Crippen LogP contribution in [0, 0.1) is 22.8 Å². The first-order valence-corrected chi connectivity index (χ1v) is 20.2. The molecule has 0 amide bonds. The maximum absolute atomic E-state index is 12.2. The van der Waals surface area contributed by atoms with Crippen LogP contribution in [-0.4, -0.2) is 20.9 Å². The number of rotatable bonds is 11. The van der Waals surface area contributed by atoms with Gasteiger partial charge in [0, 0.05) is 57.9 Å². The summed E-state index contributed by atoms with van der Waals surface area (Å²) in [6, 6.07) is 14.6. The minimum atomic E-state index is -0.337. The van der Waals surface area contributed by atoms with Gasteiger partial charge >= 0.3 is 0 Å². The molecular formula is C43H55IrN2O2S3-. The summed E-state index contributed by atoms with van der Waals surface area (Å²) in [6.07, 6.45) is 7.51. The van der Waals surface area contributed by atoms with Crippen molar-refractivity contribution in [1.82, 2.24) is 9.97 Å². The van der Waals surface area contributed by atoms with Crippen LogP contribution in [0.25, 0.3) is 42.7 Å². The van der Waals surface area contributed by atoms with Crippen LogP contribution in [0.1, 0.15) is 113 Å². The Labute approximate surface area is 333 Å². The van der Waals surface area contributed by atoms with E-state index in [1.54, 1.807) is 29.0 Å². The van der Waals surface area contributed by atoms with Crippen LogP contribution in [-0.2, 0) is 36.7 Å². The standard InChI is InChI=1S/C28H27N2S3.C15H28O2.Ir/c1-16(2)10-20-14-33-23-13-17(6-7-21(20)23)24-26(31)25(30-15-29-24)19-11-18-8-9-32-27(18)22(12-19)28(3,4)5;1-7-14(5,8-2)12(16)11-13(17)15(6,9-3)10-4;/h6-9,12-16,31H,10H2,1-5H3;11,16H,7-10H2,1-6H3;/q-1;;/b;12-11-;. The van der Waals surface area contributed by atoms with Crippen LogP contribution in [0.15, 0.2) is 64.1 Å². The van der Waals surface area contributed by atoms with Gasteiger partial charge in [0.1, 0.15) is 12.1 Å². The van der Waals surface area contributed by atoms with E-state index in [1.807, 2.05) is 41.5 Å². The number of hydrogen-bond donors (Lipinski definition) is 2. The molecule has 1 N–H and O–H groups in total. The van der Waals surface area contributed by atoms with Crippen molar-refractivity contribution in [3.05, 3.63) is 76.4 Å². The van der Waals surface area contributed by atoms with E-state index in [9.17, 15) is 9.90 Å². The van der Waals surface area contributed by atoms with Crippen molar-refractivity contribution >= 4 is 61.3 Å². The Morgan fingerprint density at radius 3 is 2.14 bits per heavy atom. The van der Waals surface area contributed by atoms with Crippen molar-refractivity contribution < 1.29 is 30.0 Å². The first kappa shape index (κ1) is 43.1. The molecule has 0 bridgehead atoms. The van der Waals surface area contributed by atoms with Gasteiger partial charge in [0.2, 0.25) is 0 Å². The molecule has 51 heavy (non-hydrogen) atoms. The maximum Gasteiger partial charge on any atom is 0.164 e. The summed E-state index contributed by atoms with van der Waals surface area (Å²) >= 11 is 8.50. The monoisotopic (exact) mass is 920 g/mol. The zero-order valence-electron chi connectivity index (χ0n) is 32.2. The molecule has 0 aliphatic carbocycles. The van der Waals surface area contributed by atoms with Crippen LogP contribution < -0.4 is 0 Å². The number of nitrogens with zero attached hydrogens (tertiary/aromatic N) is 2. The number of carbonyl (C=O) groups excluding carboxylic acids is 1. The zero-order valence-corrected chi connectivity index (χ0v) is 37.1. The molecule has 5 rings (SSSR count). The van der Waals surface area contributed by atoms with Crippen molar-refractivity contribution in [2.24, 2.45) is 16.7 Å². The average molecular weight is 920 g/mol. The Morgan fingerprint density at radius 1 is 0.922 bits per heavy atom. The minimum Gasteiger partial charge on any atom is -0.512 e. The molecule has 0 saturated carbocycles. The van der Waals surface area contributed by atoms with Crippen molar-refractivity contribution in [1.29, 1.82) is 0 Å². The van der Waals surface area contributed by atoms with Gasteiger partial charge in [-0.3, -0.25) is 9.78 Å². The molecule has 277 valence electrons. The summed E-state index contributed by atoms with van der Waals surface area (Å²) < 4.78 is 2.58. The molecular weight excluding hydrogens is 865 g/mol. The Kier molecular flexibility index (Phi) is 14.9. The van der Waals surface area contributed by atoms with E-state index >= 15 is 0 Å².